The summed E-state index contributed by atoms with van der Waals surface area (Å²) in [5.74, 6) is -1.47. The Bertz CT molecular complexity index is 872. The Morgan fingerprint density at radius 2 is 2.14 bits per heavy atom. The molecule has 0 unspecified atom stereocenters. The number of aryl methyl sites for hydroxylation is 1. The summed E-state index contributed by atoms with van der Waals surface area (Å²) in [4.78, 5) is 16.4. The molecule has 1 aromatic carbocycles. The molecule has 0 aliphatic rings. The van der Waals surface area contributed by atoms with Gasteiger partial charge in [-0.05, 0) is 19.1 Å². The molecule has 2 heterocycles. The zero-order valence-electron chi connectivity index (χ0n) is 11.1. The molecule has 0 spiro atoms. The molecule has 0 amide bonds. The fourth-order valence-electron chi connectivity index (χ4n) is 1.98. The molecule has 0 radical (unpaired) electrons. The minimum Gasteiger partial charge on any atom is -0.294 e. The van der Waals surface area contributed by atoms with Gasteiger partial charge in [-0.1, -0.05) is 6.07 Å². The minimum atomic E-state index is -0.884. The molecular formula is C14H11F2N3OS. The fourth-order valence-corrected chi connectivity index (χ4v) is 2.83. The minimum absolute atomic E-state index is 0.197. The number of H-pyrrole nitrogens is 1. The second kappa shape index (κ2) is 5.33. The van der Waals surface area contributed by atoms with Crippen molar-refractivity contribution < 1.29 is 8.78 Å². The number of thioether (sulfide) groups is 1. The normalized spacial score (nSPS) is 11.2. The topological polar surface area (TPSA) is 50.2 Å². The van der Waals surface area contributed by atoms with Crippen LogP contribution >= 0.6 is 11.8 Å². The van der Waals surface area contributed by atoms with Crippen molar-refractivity contribution in [1.29, 1.82) is 0 Å². The molecule has 3 aromatic rings. The summed E-state index contributed by atoms with van der Waals surface area (Å²) in [6.07, 6.45) is 0. The Morgan fingerprint density at radius 1 is 1.33 bits per heavy atom. The number of nitrogens with one attached hydrogen (secondary N) is 1. The first kappa shape index (κ1) is 13.8. The lowest BCUT2D eigenvalue weighted by atomic mass is 10.3. The van der Waals surface area contributed by atoms with Crippen LogP contribution in [0.3, 0.4) is 0 Å². The van der Waals surface area contributed by atoms with Crippen LogP contribution in [-0.2, 0) is 5.75 Å². The molecule has 0 atom stereocenters. The van der Waals surface area contributed by atoms with Crippen LogP contribution in [0.1, 0.15) is 11.4 Å². The Hall–Kier alpha value is -2.15. The van der Waals surface area contributed by atoms with E-state index in [0.717, 1.165) is 23.5 Å². The van der Waals surface area contributed by atoms with Crippen molar-refractivity contribution in [2.24, 2.45) is 0 Å². The molecule has 4 nitrogen and oxygen atoms in total. The summed E-state index contributed by atoms with van der Waals surface area (Å²) >= 11 is 1.10. The number of hydrogen-bond donors (Lipinski definition) is 1. The molecule has 108 valence electrons. The number of fused-ring (bicyclic) bond motifs is 1. The zero-order valence-corrected chi connectivity index (χ0v) is 11.9. The van der Waals surface area contributed by atoms with Crippen LogP contribution in [0.4, 0.5) is 8.78 Å². The lowest BCUT2D eigenvalue weighted by Gasteiger charge is -2.03. The largest absolute Gasteiger partial charge is 0.294 e. The quantitative estimate of drug-likeness (QED) is 0.757. The third-order valence-corrected chi connectivity index (χ3v) is 3.99. The highest BCUT2D eigenvalue weighted by atomic mass is 32.2. The molecule has 0 aliphatic carbocycles. The van der Waals surface area contributed by atoms with Gasteiger partial charge in [0.2, 0.25) is 0 Å². The molecule has 0 saturated heterocycles. The monoisotopic (exact) mass is 307 g/mol. The number of aromatic amines is 1. The van der Waals surface area contributed by atoms with E-state index < -0.39 is 11.6 Å². The molecule has 0 aliphatic heterocycles. The van der Waals surface area contributed by atoms with E-state index in [9.17, 15) is 13.6 Å². The van der Waals surface area contributed by atoms with Crippen molar-refractivity contribution in [2.45, 2.75) is 17.6 Å². The highest BCUT2D eigenvalue weighted by Crippen LogP contribution is 2.26. The van der Waals surface area contributed by atoms with Crippen LogP contribution < -0.4 is 5.56 Å². The van der Waals surface area contributed by atoms with Gasteiger partial charge in [0.05, 0.1) is 5.69 Å². The van der Waals surface area contributed by atoms with Crippen LogP contribution in [0, 0.1) is 18.6 Å². The fraction of sp³-hybridized carbons (Fsp3) is 0.143. The average Bonchev–Trinajstić information content (AvgIpc) is 2.81. The first-order valence-corrected chi connectivity index (χ1v) is 7.18. The SMILES string of the molecule is Cc1cc2nc(CSc3cccc(F)c3F)cc(=O)n2[nH]1. The second-order valence-corrected chi connectivity index (χ2v) is 5.58. The smallest absolute Gasteiger partial charge is 0.272 e. The third kappa shape index (κ3) is 2.69. The van der Waals surface area contributed by atoms with Gasteiger partial charge in [-0.15, -0.1) is 11.8 Å². The maximum atomic E-state index is 13.6. The summed E-state index contributed by atoms with van der Waals surface area (Å²) in [6, 6.07) is 7.14. The number of hydrogen-bond acceptors (Lipinski definition) is 3. The van der Waals surface area contributed by atoms with Gasteiger partial charge in [-0.25, -0.2) is 18.3 Å². The number of aromatic nitrogens is 3. The maximum absolute atomic E-state index is 13.6. The third-order valence-electron chi connectivity index (χ3n) is 2.92. The van der Waals surface area contributed by atoms with Crippen LogP contribution in [0.25, 0.3) is 5.65 Å². The van der Waals surface area contributed by atoms with Crippen molar-refractivity contribution in [3.8, 4) is 0 Å². The van der Waals surface area contributed by atoms with E-state index in [1.807, 2.05) is 6.92 Å². The van der Waals surface area contributed by atoms with Gasteiger partial charge in [0.25, 0.3) is 5.56 Å². The van der Waals surface area contributed by atoms with E-state index in [1.165, 1.54) is 22.7 Å². The van der Waals surface area contributed by atoms with Crippen LogP contribution in [0.5, 0.6) is 0 Å². The molecular weight excluding hydrogens is 296 g/mol. The van der Waals surface area contributed by atoms with Crippen LogP contribution in [0.15, 0.2) is 40.0 Å². The second-order valence-electron chi connectivity index (χ2n) is 4.56. The lowest BCUT2D eigenvalue weighted by Crippen LogP contribution is -2.15. The molecule has 7 heteroatoms. The van der Waals surface area contributed by atoms with E-state index in [-0.39, 0.29) is 16.2 Å². The van der Waals surface area contributed by atoms with Gasteiger partial charge in [-0.2, -0.15) is 0 Å². The lowest BCUT2D eigenvalue weighted by molar-refractivity contribution is 0.491. The Labute approximate surface area is 122 Å². The number of benzene rings is 1. The van der Waals surface area contributed by atoms with E-state index in [0.29, 0.717) is 11.3 Å². The molecule has 21 heavy (non-hydrogen) atoms. The molecule has 3 rings (SSSR count). The van der Waals surface area contributed by atoms with Crippen molar-refractivity contribution >= 4 is 17.4 Å². The maximum Gasteiger partial charge on any atom is 0.272 e. The van der Waals surface area contributed by atoms with E-state index >= 15 is 0 Å². The van der Waals surface area contributed by atoms with Crippen LogP contribution in [0.2, 0.25) is 0 Å². The molecule has 1 N–H and O–H groups in total. The average molecular weight is 307 g/mol. The Morgan fingerprint density at radius 3 is 2.95 bits per heavy atom. The molecule has 2 aromatic heterocycles. The van der Waals surface area contributed by atoms with Gasteiger partial charge in [0.15, 0.2) is 17.3 Å². The summed E-state index contributed by atoms with van der Waals surface area (Å²) in [6.45, 7) is 1.82. The van der Waals surface area contributed by atoms with Gasteiger partial charge in [-0.3, -0.25) is 9.89 Å². The predicted molar refractivity (Wildman–Crippen MR) is 76.5 cm³/mol. The zero-order chi connectivity index (χ0) is 15.0. The van der Waals surface area contributed by atoms with E-state index in [1.54, 1.807) is 6.07 Å². The van der Waals surface area contributed by atoms with Crippen molar-refractivity contribution in [3.05, 3.63) is 63.7 Å². The number of nitrogens with zero attached hydrogens (tertiary/aromatic N) is 2. The molecule has 0 fully saturated rings. The van der Waals surface area contributed by atoms with Crippen molar-refractivity contribution in [3.63, 3.8) is 0 Å². The summed E-state index contributed by atoms with van der Waals surface area (Å²) < 4.78 is 28.0. The number of rotatable bonds is 3. The Kier molecular flexibility index (Phi) is 3.50. The highest BCUT2D eigenvalue weighted by Gasteiger charge is 2.10. The summed E-state index contributed by atoms with van der Waals surface area (Å²) in [7, 11) is 0. The van der Waals surface area contributed by atoms with Crippen molar-refractivity contribution in [2.75, 3.05) is 0 Å². The van der Waals surface area contributed by atoms with Gasteiger partial charge < -0.3 is 0 Å². The highest BCUT2D eigenvalue weighted by molar-refractivity contribution is 7.98. The molecule has 0 saturated carbocycles. The first-order chi connectivity index (χ1) is 10.0. The summed E-state index contributed by atoms with van der Waals surface area (Å²) in [5.41, 5.74) is 1.62. The predicted octanol–water partition coefficient (Wildman–Crippen LogP) is 2.90. The Balaban J connectivity index is 1.88. The first-order valence-electron chi connectivity index (χ1n) is 6.20. The van der Waals surface area contributed by atoms with Crippen LogP contribution in [-0.4, -0.2) is 14.6 Å². The van der Waals surface area contributed by atoms with E-state index in [4.69, 9.17) is 0 Å². The van der Waals surface area contributed by atoms with E-state index in [2.05, 4.69) is 10.1 Å². The number of halogens is 2. The van der Waals surface area contributed by atoms with Crippen molar-refractivity contribution in [1.82, 2.24) is 14.6 Å². The van der Waals surface area contributed by atoms with Gasteiger partial charge in [0.1, 0.15) is 0 Å². The summed E-state index contributed by atoms with van der Waals surface area (Å²) in [5, 5.41) is 2.87. The van der Waals surface area contributed by atoms with Gasteiger partial charge >= 0.3 is 0 Å². The van der Waals surface area contributed by atoms with Gasteiger partial charge in [0, 0.05) is 28.5 Å². The molecule has 0 bridgehead atoms. The standard InChI is InChI=1S/C14H11F2N3OS/c1-8-5-12-17-9(6-13(20)19(12)18-8)7-21-11-4-2-3-10(15)14(11)16/h2-6,18H,7H2,1H3.